The fraction of sp³-hybridized carbons (Fsp3) is 0.560. The number of amides is 1. The van der Waals surface area contributed by atoms with Gasteiger partial charge in [-0.05, 0) is 49.3 Å². The van der Waals surface area contributed by atoms with E-state index < -0.39 is 15.3 Å². The first-order chi connectivity index (χ1) is 15.8. The zero-order chi connectivity index (χ0) is 23.6. The molecule has 1 aliphatic carbocycles. The molecule has 2 fully saturated rings. The Labute approximate surface area is 196 Å². The van der Waals surface area contributed by atoms with Gasteiger partial charge in [0.15, 0.2) is 0 Å². The molecule has 4 rings (SSSR count). The summed E-state index contributed by atoms with van der Waals surface area (Å²) in [5.74, 6) is -0.0452. The average molecular weight is 476 g/mol. The van der Waals surface area contributed by atoms with Crippen LogP contribution in [0.4, 0.5) is 10.1 Å². The van der Waals surface area contributed by atoms with Crippen molar-refractivity contribution in [2.75, 3.05) is 37.6 Å². The minimum Gasteiger partial charge on any atom is -0.368 e. The van der Waals surface area contributed by atoms with Gasteiger partial charge in [-0.3, -0.25) is 4.79 Å². The molecule has 0 spiro atoms. The standard InChI is InChI=1S/C25H34FN3O3S/c1-19-10-11-29(33(31,32)25(16-19)21-6-4-3-5-7-21)18-22-8-9-23(17-24(22)26)28-14-12-27(13-15-28)20(2)30/h4,6-9,17,19,25H,3,5,10-16,18H2,1-2H3. The quantitative estimate of drug-likeness (QED) is 0.666. The molecule has 33 heavy (non-hydrogen) atoms. The molecule has 180 valence electrons. The van der Waals surface area contributed by atoms with Gasteiger partial charge in [0.25, 0.3) is 0 Å². The Morgan fingerprint density at radius 3 is 2.52 bits per heavy atom. The highest BCUT2D eigenvalue weighted by Crippen LogP contribution is 2.33. The Morgan fingerprint density at radius 2 is 1.88 bits per heavy atom. The van der Waals surface area contributed by atoms with E-state index in [0.717, 1.165) is 30.5 Å². The van der Waals surface area contributed by atoms with Crippen molar-refractivity contribution in [3.05, 3.63) is 53.4 Å². The van der Waals surface area contributed by atoms with E-state index in [4.69, 9.17) is 0 Å². The van der Waals surface area contributed by atoms with Crippen LogP contribution in [-0.2, 0) is 21.4 Å². The van der Waals surface area contributed by atoms with Crippen molar-refractivity contribution in [2.24, 2.45) is 5.92 Å². The van der Waals surface area contributed by atoms with Gasteiger partial charge in [-0.15, -0.1) is 0 Å². The van der Waals surface area contributed by atoms with Gasteiger partial charge in [0.2, 0.25) is 15.9 Å². The van der Waals surface area contributed by atoms with Gasteiger partial charge in [-0.2, -0.15) is 4.31 Å². The van der Waals surface area contributed by atoms with E-state index in [1.165, 1.54) is 10.4 Å². The van der Waals surface area contributed by atoms with E-state index in [1.54, 1.807) is 17.9 Å². The van der Waals surface area contributed by atoms with E-state index in [1.807, 2.05) is 24.3 Å². The number of carbonyl (C=O) groups is 1. The van der Waals surface area contributed by atoms with Crippen LogP contribution in [0.3, 0.4) is 0 Å². The van der Waals surface area contributed by atoms with Crippen molar-refractivity contribution < 1.29 is 17.6 Å². The molecule has 0 radical (unpaired) electrons. The van der Waals surface area contributed by atoms with Crippen LogP contribution in [0.15, 0.2) is 42.0 Å². The predicted molar refractivity (Wildman–Crippen MR) is 129 cm³/mol. The second kappa shape index (κ2) is 9.97. The number of halogens is 1. The van der Waals surface area contributed by atoms with E-state index in [2.05, 4.69) is 11.8 Å². The van der Waals surface area contributed by atoms with Gasteiger partial charge in [-0.1, -0.05) is 31.2 Å². The van der Waals surface area contributed by atoms with Crippen molar-refractivity contribution in [3.63, 3.8) is 0 Å². The topological polar surface area (TPSA) is 60.9 Å². The number of allylic oxidation sites excluding steroid dienone is 3. The lowest BCUT2D eigenvalue weighted by molar-refractivity contribution is -0.129. The van der Waals surface area contributed by atoms with Gasteiger partial charge >= 0.3 is 0 Å². The molecule has 1 aromatic rings. The zero-order valence-electron chi connectivity index (χ0n) is 19.5. The first-order valence-corrected chi connectivity index (χ1v) is 13.4. The van der Waals surface area contributed by atoms with Gasteiger partial charge in [-0.25, -0.2) is 12.8 Å². The van der Waals surface area contributed by atoms with Crippen molar-refractivity contribution in [2.45, 2.75) is 51.3 Å². The van der Waals surface area contributed by atoms with E-state index in [-0.39, 0.29) is 24.2 Å². The summed E-state index contributed by atoms with van der Waals surface area (Å²) in [4.78, 5) is 15.4. The molecule has 2 heterocycles. The maximum absolute atomic E-state index is 15.1. The molecule has 0 saturated carbocycles. The molecule has 2 saturated heterocycles. The van der Waals surface area contributed by atoms with Crippen LogP contribution in [-0.4, -0.2) is 61.5 Å². The van der Waals surface area contributed by atoms with Crippen LogP contribution in [0.1, 0.15) is 45.1 Å². The largest absolute Gasteiger partial charge is 0.368 e. The van der Waals surface area contributed by atoms with Gasteiger partial charge < -0.3 is 9.80 Å². The second-order valence-electron chi connectivity index (χ2n) is 9.45. The van der Waals surface area contributed by atoms with Crippen LogP contribution in [0.25, 0.3) is 0 Å². The third-order valence-electron chi connectivity index (χ3n) is 7.08. The number of hydrogen-bond donors (Lipinski definition) is 0. The summed E-state index contributed by atoms with van der Waals surface area (Å²) in [6.45, 7) is 6.66. The molecule has 0 aromatic heterocycles. The second-order valence-corrected chi connectivity index (χ2v) is 11.6. The van der Waals surface area contributed by atoms with Gasteiger partial charge in [0.05, 0.1) is 0 Å². The van der Waals surface area contributed by atoms with Crippen LogP contribution in [0.2, 0.25) is 0 Å². The number of sulfonamides is 1. The normalized spacial score (nSPS) is 26.1. The van der Waals surface area contributed by atoms with Crippen LogP contribution >= 0.6 is 0 Å². The molecule has 0 N–H and O–H groups in total. The number of carbonyl (C=O) groups excluding carboxylic acids is 1. The Kier molecular flexibility index (Phi) is 7.24. The molecule has 1 aromatic carbocycles. The summed E-state index contributed by atoms with van der Waals surface area (Å²) < 4.78 is 43.8. The maximum atomic E-state index is 15.1. The molecule has 2 aliphatic heterocycles. The lowest BCUT2D eigenvalue weighted by Crippen LogP contribution is -2.48. The van der Waals surface area contributed by atoms with E-state index in [9.17, 15) is 13.2 Å². The predicted octanol–water partition coefficient (Wildman–Crippen LogP) is 3.70. The summed E-state index contributed by atoms with van der Waals surface area (Å²) in [7, 11) is -3.59. The number of hydrogen-bond acceptors (Lipinski definition) is 4. The average Bonchev–Trinajstić information content (AvgIpc) is 2.91. The fourth-order valence-electron chi connectivity index (χ4n) is 4.96. The Hall–Kier alpha value is -2.19. The van der Waals surface area contributed by atoms with E-state index in [0.29, 0.717) is 44.7 Å². The summed E-state index contributed by atoms with van der Waals surface area (Å²) >= 11 is 0. The number of rotatable bonds is 4. The smallest absolute Gasteiger partial charge is 0.221 e. The molecule has 1 amide bonds. The molecule has 2 atom stereocenters. The monoisotopic (exact) mass is 475 g/mol. The lowest BCUT2D eigenvalue weighted by Gasteiger charge is -2.35. The lowest BCUT2D eigenvalue weighted by atomic mass is 9.95. The molecule has 8 heteroatoms. The minimum absolute atomic E-state index is 0.0484. The Morgan fingerprint density at radius 1 is 1.12 bits per heavy atom. The first kappa shape index (κ1) is 24.0. The Bertz CT molecular complexity index is 1040. The van der Waals surface area contributed by atoms with Crippen molar-refractivity contribution in [3.8, 4) is 0 Å². The van der Waals surface area contributed by atoms with Crippen molar-refractivity contribution >= 4 is 21.6 Å². The zero-order valence-corrected chi connectivity index (χ0v) is 20.4. The highest BCUT2D eigenvalue weighted by Gasteiger charge is 2.38. The first-order valence-electron chi connectivity index (χ1n) is 11.9. The molecular weight excluding hydrogens is 441 g/mol. The third kappa shape index (κ3) is 5.32. The van der Waals surface area contributed by atoms with Crippen molar-refractivity contribution in [1.82, 2.24) is 9.21 Å². The van der Waals surface area contributed by atoms with E-state index >= 15 is 4.39 Å². The Balaban J connectivity index is 1.51. The SMILES string of the molecule is CC(=O)N1CCN(c2ccc(CN3CCC(C)CC(C4=CCCC=C4)S3(=O)=O)c(F)c2)CC1. The summed E-state index contributed by atoms with van der Waals surface area (Å²) in [5.41, 5.74) is 2.04. The van der Waals surface area contributed by atoms with Gasteiger partial charge in [0, 0.05) is 57.4 Å². The minimum atomic E-state index is -3.59. The molecule has 0 bridgehead atoms. The number of anilines is 1. The highest BCUT2D eigenvalue weighted by atomic mass is 32.2. The van der Waals surface area contributed by atoms with Crippen LogP contribution < -0.4 is 4.90 Å². The summed E-state index contributed by atoms with van der Waals surface area (Å²) in [5, 5.41) is -0.563. The molecule has 3 aliphatic rings. The number of nitrogens with zero attached hydrogens (tertiary/aromatic N) is 3. The van der Waals surface area contributed by atoms with Crippen LogP contribution in [0.5, 0.6) is 0 Å². The number of piperazine rings is 1. The highest BCUT2D eigenvalue weighted by molar-refractivity contribution is 7.89. The molecular formula is C25H34FN3O3S. The maximum Gasteiger partial charge on any atom is 0.221 e. The fourth-order valence-corrected chi connectivity index (χ4v) is 7.09. The molecule has 2 unspecified atom stereocenters. The number of benzene rings is 1. The van der Waals surface area contributed by atoms with Crippen LogP contribution in [0, 0.1) is 11.7 Å². The summed E-state index contributed by atoms with van der Waals surface area (Å²) in [6, 6.07) is 5.06. The van der Waals surface area contributed by atoms with Gasteiger partial charge in [0.1, 0.15) is 11.1 Å². The molecule has 6 nitrogen and oxygen atoms in total. The third-order valence-corrected chi connectivity index (χ3v) is 9.29. The van der Waals surface area contributed by atoms with Crippen molar-refractivity contribution in [1.29, 1.82) is 0 Å². The summed E-state index contributed by atoms with van der Waals surface area (Å²) in [6.07, 6.45) is 9.21.